The molecule has 2 heterocycles. The number of carbonyl (C=O) groups excluding carboxylic acids is 1. The number of hydrogen-bond acceptors (Lipinski definition) is 3. The molecule has 0 radical (unpaired) electrons. The number of aromatic nitrogens is 1. The van der Waals surface area contributed by atoms with Crippen LogP contribution in [0.5, 0.6) is 0 Å². The Morgan fingerprint density at radius 3 is 2.89 bits per heavy atom. The lowest BCUT2D eigenvalue weighted by Crippen LogP contribution is -2.49. The molecule has 2 aliphatic rings. The van der Waals surface area contributed by atoms with Gasteiger partial charge in [0.2, 0.25) is 0 Å². The number of halogens is 1. The highest BCUT2D eigenvalue weighted by atomic mass is 79.9. The predicted molar refractivity (Wildman–Crippen MR) is 75.8 cm³/mol. The number of rotatable bonds is 1. The zero-order chi connectivity index (χ0) is 12.5. The Bertz CT molecular complexity index is 446. The van der Waals surface area contributed by atoms with Gasteiger partial charge in [0.15, 0.2) is 0 Å². The van der Waals surface area contributed by atoms with Gasteiger partial charge in [0.05, 0.1) is 3.79 Å². The van der Waals surface area contributed by atoms with Gasteiger partial charge in [-0.05, 0) is 65.1 Å². The third-order valence-corrected chi connectivity index (χ3v) is 5.45. The average molecular weight is 329 g/mol. The van der Waals surface area contributed by atoms with Crippen LogP contribution in [0.4, 0.5) is 0 Å². The van der Waals surface area contributed by atoms with E-state index in [0.29, 0.717) is 11.7 Å². The van der Waals surface area contributed by atoms with Crippen molar-refractivity contribution in [2.24, 2.45) is 5.92 Å². The number of nitrogens with zero attached hydrogens (tertiary/aromatic N) is 2. The monoisotopic (exact) mass is 328 g/mol. The molecule has 1 saturated heterocycles. The second kappa shape index (κ2) is 5.29. The molecule has 5 heteroatoms. The lowest BCUT2D eigenvalue weighted by atomic mass is 9.78. The summed E-state index contributed by atoms with van der Waals surface area (Å²) < 4.78 is 5.17. The minimum atomic E-state index is 0.133. The van der Waals surface area contributed by atoms with Crippen molar-refractivity contribution in [2.75, 3.05) is 6.54 Å². The summed E-state index contributed by atoms with van der Waals surface area (Å²) in [6.45, 7) is 0.912. The van der Waals surface area contributed by atoms with Gasteiger partial charge in [-0.2, -0.15) is 4.37 Å². The number of carbonyl (C=O) groups is 1. The van der Waals surface area contributed by atoms with Crippen molar-refractivity contribution < 1.29 is 4.79 Å². The van der Waals surface area contributed by atoms with Crippen LogP contribution in [0.15, 0.2) is 9.85 Å². The standard InChI is InChI=1S/C13H17BrN2OS/c14-12-8-10(15-18-12)13(17)16-7-3-5-9-4-1-2-6-11(9)16/h8-9,11H,1-7H2. The lowest BCUT2D eigenvalue weighted by molar-refractivity contribution is 0.0386. The second-order valence-corrected chi connectivity index (χ2v) is 7.45. The van der Waals surface area contributed by atoms with E-state index in [9.17, 15) is 4.79 Å². The van der Waals surface area contributed by atoms with Gasteiger partial charge < -0.3 is 4.90 Å². The molecule has 0 N–H and O–H groups in total. The number of fused-ring (bicyclic) bond motifs is 1. The molecular weight excluding hydrogens is 312 g/mol. The first-order valence-corrected chi connectivity index (χ1v) is 8.25. The maximum absolute atomic E-state index is 12.5. The summed E-state index contributed by atoms with van der Waals surface area (Å²) in [5.41, 5.74) is 0.609. The molecule has 0 bridgehead atoms. The van der Waals surface area contributed by atoms with Crippen molar-refractivity contribution >= 4 is 33.4 Å². The first-order valence-electron chi connectivity index (χ1n) is 6.69. The molecule has 98 valence electrons. The molecule has 0 spiro atoms. The summed E-state index contributed by atoms with van der Waals surface area (Å²) in [6, 6.07) is 2.32. The van der Waals surface area contributed by atoms with Gasteiger partial charge in [-0.15, -0.1) is 0 Å². The van der Waals surface area contributed by atoms with Crippen molar-refractivity contribution in [2.45, 2.75) is 44.6 Å². The smallest absolute Gasteiger partial charge is 0.273 e. The molecular formula is C13H17BrN2OS. The molecule has 2 fully saturated rings. The van der Waals surface area contributed by atoms with E-state index in [1.165, 1.54) is 43.6 Å². The third kappa shape index (κ3) is 2.35. The average Bonchev–Trinajstić information content (AvgIpc) is 2.84. The third-order valence-electron chi connectivity index (χ3n) is 4.20. The maximum atomic E-state index is 12.5. The van der Waals surface area contributed by atoms with Gasteiger partial charge in [0.25, 0.3) is 5.91 Å². The molecule has 1 aliphatic carbocycles. The molecule has 2 atom stereocenters. The normalized spacial score (nSPS) is 27.9. The minimum Gasteiger partial charge on any atom is -0.334 e. The first-order chi connectivity index (χ1) is 8.75. The molecule has 1 aliphatic heterocycles. The van der Waals surface area contributed by atoms with Gasteiger partial charge in [0.1, 0.15) is 5.69 Å². The largest absolute Gasteiger partial charge is 0.334 e. The fourth-order valence-electron chi connectivity index (χ4n) is 3.38. The van der Waals surface area contributed by atoms with E-state index in [1.807, 2.05) is 6.07 Å². The zero-order valence-corrected chi connectivity index (χ0v) is 12.7. The molecule has 1 aromatic rings. The van der Waals surface area contributed by atoms with Crippen LogP contribution in [0.2, 0.25) is 0 Å². The highest BCUT2D eigenvalue weighted by Crippen LogP contribution is 2.36. The Morgan fingerprint density at radius 2 is 2.11 bits per heavy atom. The Kier molecular flexibility index (Phi) is 3.71. The highest BCUT2D eigenvalue weighted by Gasteiger charge is 2.36. The molecule has 1 saturated carbocycles. The Labute approximate surface area is 120 Å². The number of hydrogen-bond donors (Lipinski definition) is 0. The minimum absolute atomic E-state index is 0.133. The summed E-state index contributed by atoms with van der Waals surface area (Å²) in [6.07, 6.45) is 7.54. The van der Waals surface area contributed by atoms with Gasteiger partial charge in [-0.25, -0.2) is 0 Å². The van der Waals surface area contributed by atoms with E-state index in [-0.39, 0.29) is 5.91 Å². The lowest BCUT2D eigenvalue weighted by Gasteiger charge is -2.43. The molecule has 18 heavy (non-hydrogen) atoms. The van der Waals surface area contributed by atoms with Crippen LogP contribution in [-0.2, 0) is 0 Å². The van der Waals surface area contributed by atoms with Gasteiger partial charge in [0, 0.05) is 12.6 Å². The van der Waals surface area contributed by atoms with Gasteiger partial charge in [-0.1, -0.05) is 12.8 Å². The second-order valence-electron chi connectivity index (χ2n) is 5.27. The van der Waals surface area contributed by atoms with Crippen molar-refractivity contribution in [1.29, 1.82) is 0 Å². The van der Waals surface area contributed by atoms with Crippen LogP contribution in [0, 0.1) is 5.92 Å². The Morgan fingerprint density at radius 1 is 1.33 bits per heavy atom. The first kappa shape index (κ1) is 12.6. The Balaban J connectivity index is 1.79. The van der Waals surface area contributed by atoms with Crippen LogP contribution < -0.4 is 0 Å². The highest BCUT2D eigenvalue weighted by molar-refractivity contribution is 9.11. The number of amides is 1. The fraction of sp³-hybridized carbons (Fsp3) is 0.692. The van der Waals surface area contributed by atoms with Crippen molar-refractivity contribution in [3.05, 3.63) is 15.5 Å². The number of piperidine rings is 1. The van der Waals surface area contributed by atoms with E-state index in [4.69, 9.17) is 0 Å². The topological polar surface area (TPSA) is 33.2 Å². The number of likely N-dealkylation sites (tertiary alicyclic amines) is 1. The van der Waals surface area contributed by atoms with Crippen LogP contribution in [0.25, 0.3) is 0 Å². The molecule has 1 amide bonds. The quantitative estimate of drug-likeness (QED) is 0.787. The van der Waals surface area contributed by atoms with E-state index in [0.717, 1.165) is 22.7 Å². The van der Waals surface area contributed by atoms with Crippen LogP contribution >= 0.6 is 27.5 Å². The molecule has 1 aromatic heterocycles. The van der Waals surface area contributed by atoms with E-state index in [1.54, 1.807) is 0 Å². The molecule has 2 unspecified atom stereocenters. The maximum Gasteiger partial charge on any atom is 0.273 e. The van der Waals surface area contributed by atoms with Crippen LogP contribution in [-0.4, -0.2) is 27.8 Å². The predicted octanol–water partition coefficient (Wildman–Crippen LogP) is 3.70. The van der Waals surface area contributed by atoms with Crippen molar-refractivity contribution in [1.82, 2.24) is 9.27 Å². The summed E-state index contributed by atoms with van der Waals surface area (Å²) in [4.78, 5) is 14.6. The van der Waals surface area contributed by atoms with Gasteiger partial charge in [-0.3, -0.25) is 4.79 Å². The van der Waals surface area contributed by atoms with Crippen molar-refractivity contribution in [3.63, 3.8) is 0 Å². The van der Waals surface area contributed by atoms with Gasteiger partial charge >= 0.3 is 0 Å². The Hall–Kier alpha value is -0.420. The summed E-state index contributed by atoms with van der Waals surface area (Å²) in [5, 5.41) is 0. The molecule has 0 aromatic carbocycles. The van der Waals surface area contributed by atoms with E-state index < -0.39 is 0 Å². The summed E-state index contributed by atoms with van der Waals surface area (Å²) >= 11 is 4.72. The molecule has 3 nitrogen and oxygen atoms in total. The summed E-state index contributed by atoms with van der Waals surface area (Å²) in [5.74, 6) is 0.868. The molecule has 3 rings (SSSR count). The summed E-state index contributed by atoms with van der Waals surface area (Å²) in [7, 11) is 0. The zero-order valence-electron chi connectivity index (χ0n) is 10.3. The SMILES string of the molecule is O=C(c1cc(Br)sn1)N1CCCC2CCCCC21. The van der Waals surface area contributed by atoms with Crippen LogP contribution in [0.1, 0.15) is 49.0 Å². The van der Waals surface area contributed by atoms with E-state index >= 15 is 0 Å². The van der Waals surface area contributed by atoms with E-state index in [2.05, 4.69) is 25.2 Å². The van der Waals surface area contributed by atoms with Crippen molar-refractivity contribution in [3.8, 4) is 0 Å². The fourth-order valence-corrected chi connectivity index (χ4v) is 4.29. The van der Waals surface area contributed by atoms with Crippen LogP contribution in [0.3, 0.4) is 0 Å².